The molecule has 0 aliphatic rings. The van der Waals surface area contributed by atoms with Gasteiger partial charge in [-0.2, -0.15) is 0 Å². The number of aromatic nitrogens is 5. The summed E-state index contributed by atoms with van der Waals surface area (Å²) >= 11 is 1.82. The van der Waals surface area contributed by atoms with Crippen molar-refractivity contribution in [2.24, 2.45) is 0 Å². The van der Waals surface area contributed by atoms with Gasteiger partial charge >= 0.3 is 0 Å². The van der Waals surface area contributed by atoms with E-state index in [4.69, 9.17) is 15.0 Å². The van der Waals surface area contributed by atoms with Gasteiger partial charge in [0, 0.05) is 69.8 Å². The van der Waals surface area contributed by atoms with E-state index in [0.717, 1.165) is 28.1 Å². The number of hydrogen-bond acceptors (Lipinski definition) is 4. The van der Waals surface area contributed by atoms with E-state index >= 15 is 0 Å². The minimum Gasteiger partial charge on any atom is -0.309 e. The molecule has 57 heavy (non-hydrogen) atoms. The normalized spacial score (nSPS) is 11.9. The van der Waals surface area contributed by atoms with Crippen molar-refractivity contribution in [1.82, 2.24) is 24.1 Å². The minimum atomic E-state index is 0.654. The zero-order valence-electron chi connectivity index (χ0n) is 30.5. The van der Waals surface area contributed by atoms with Crippen LogP contribution in [-0.2, 0) is 0 Å². The largest absolute Gasteiger partial charge is 0.309 e. The molecular formula is C51H31N5S. The van der Waals surface area contributed by atoms with Crippen LogP contribution in [0.3, 0.4) is 0 Å². The Morgan fingerprint density at radius 1 is 0.298 bits per heavy atom. The number of benzene rings is 8. The van der Waals surface area contributed by atoms with E-state index in [-0.39, 0.29) is 0 Å². The number of nitrogens with zero attached hydrogens (tertiary/aromatic N) is 5. The summed E-state index contributed by atoms with van der Waals surface area (Å²) in [5.41, 5.74) is 9.92. The quantitative estimate of drug-likeness (QED) is 0.176. The maximum Gasteiger partial charge on any atom is 0.164 e. The predicted octanol–water partition coefficient (Wildman–Crippen LogP) is 13.4. The fourth-order valence-corrected chi connectivity index (χ4v) is 9.63. The molecule has 0 radical (unpaired) electrons. The van der Waals surface area contributed by atoms with Crippen molar-refractivity contribution in [2.75, 3.05) is 0 Å². The van der Waals surface area contributed by atoms with Gasteiger partial charge in [0.2, 0.25) is 0 Å². The molecule has 5 nitrogen and oxygen atoms in total. The molecule has 266 valence electrons. The molecule has 0 spiro atoms. The van der Waals surface area contributed by atoms with Crippen LogP contribution in [0.4, 0.5) is 0 Å². The van der Waals surface area contributed by atoms with Crippen LogP contribution in [0, 0.1) is 0 Å². The first-order chi connectivity index (χ1) is 28.2. The number of rotatable bonds is 5. The van der Waals surface area contributed by atoms with Crippen molar-refractivity contribution in [3.63, 3.8) is 0 Å². The Bertz CT molecular complexity index is 3410. The molecule has 0 N–H and O–H groups in total. The maximum absolute atomic E-state index is 5.03. The number of thiophene rings is 1. The van der Waals surface area contributed by atoms with Crippen LogP contribution in [0.25, 0.3) is 109 Å². The molecule has 0 aliphatic heterocycles. The van der Waals surface area contributed by atoms with E-state index in [2.05, 4.69) is 137 Å². The van der Waals surface area contributed by atoms with Gasteiger partial charge in [-0.3, -0.25) is 0 Å². The van der Waals surface area contributed by atoms with Gasteiger partial charge in [-0.1, -0.05) is 115 Å². The molecule has 0 bridgehead atoms. The lowest BCUT2D eigenvalue weighted by Gasteiger charge is -2.11. The van der Waals surface area contributed by atoms with Crippen LogP contribution in [-0.4, -0.2) is 24.1 Å². The van der Waals surface area contributed by atoms with Gasteiger partial charge in [0.15, 0.2) is 17.5 Å². The van der Waals surface area contributed by atoms with Crippen LogP contribution in [0.2, 0.25) is 0 Å². The Morgan fingerprint density at radius 2 is 0.702 bits per heavy atom. The minimum absolute atomic E-state index is 0.654. The number of para-hydroxylation sites is 3. The summed E-state index contributed by atoms with van der Waals surface area (Å²) in [4.78, 5) is 15.0. The first-order valence-corrected chi connectivity index (χ1v) is 19.9. The Hall–Kier alpha value is -7.41. The van der Waals surface area contributed by atoms with Gasteiger partial charge in [-0.05, 0) is 72.8 Å². The molecular weight excluding hydrogens is 715 g/mol. The van der Waals surface area contributed by atoms with Crippen LogP contribution in [0.15, 0.2) is 188 Å². The molecule has 4 aromatic heterocycles. The first kappa shape index (κ1) is 31.9. The van der Waals surface area contributed by atoms with E-state index < -0.39 is 0 Å². The van der Waals surface area contributed by atoms with Crippen LogP contribution in [0.1, 0.15) is 0 Å². The van der Waals surface area contributed by atoms with E-state index in [9.17, 15) is 0 Å². The summed E-state index contributed by atoms with van der Waals surface area (Å²) in [6.45, 7) is 0. The van der Waals surface area contributed by atoms with Gasteiger partial charge < -0.3 is 9.13 Å². The Balaban J connectivity index is 1.03. The molecule has 0 saturated carbocycles. The monoisotopic (exact) mass is 745 g/mol. The zero-order chi connectivity index (χ0) is 37.5. The summed E-state index contributed by atoms with van der Waals surface area (Å²) in [5, 5.41) is 7.37. The molecule has 6 heteroatoms. The van der Waals surface area contributed by atoms with Crippen molar-refractivity contribution in [3.8, 4) is 45.5 Å². The average Bonchev–Trinajstić information content (AvgIpc) is 3.94. The topological polar surface area (TPSA) is 48.5 Å². The number of hydrogen-bond donors (Lipinski definition) is 0. The van der Waals surface area contributed by atoms with Gasteiger partial charge in [-0.15, -0.1) is 11.3 Å². The highest BCUT2D eigenvalue weighted by Gasteiger charge is 2.18. The van der Waals surface area contributed by atoms with Crippen molar-refractivity contribution in [3.05, 3.63) is 188 Å². The van der Waals surface area contributed by atoms with Crippen molar-refractivity contribution < 1.29 is 0 Å². The lowest BCUT2D eigenvalue weighted by atomic mass is 10.1. The third-order valence-corrected chi connectivity index (χ3v) is 12.3. The highest BCUT2D eigenvalue weighted by Crippen LogP contribution is 2.41. The van der Waals surface area contributed by atoms with E-state index in [0.29, 0.717) is 17.5 Å². The van der Waals surface area contributed by atoms with Gasteiger partial charge in [0.25, 0.3) is 0 Å². The average molecular weight is 746 g/mol. The summed E-state index contributed by atoms with van der Waals surface area (Å²) in [6, 6.07) is 66.8. The summed E-state index contributed by atoms with van der Waals surface area (Å²) in [6.07, 6.45) is 0. The molecule has 0 unspecified atom stereocenters. The third kappa shape index (κ3) is 5.04. The third-order valence-electron chi connectivity index (χ3n) is 11.2. The highest BCUT2D eigenvalue weighted by atomic mass is 32.1. The second kappa shape index (κ2) is 12.6. The molecule has 0 atom stereocenters. The van der Waals surface area contributed by atoms with Crippen LogP contribution in [0.5, 0.6) is 0 Å². The van der Waals surface area contributed by atoms with Gasteiger partial charge in [0.05, 0.1) is 22.1 Å². The van der Waals surface area contributed by atoms with Crippen molar-refractivity contribution >= 4 is 75.1 Å². The molecule has 0 saturated heterocycles. The molecule has 12 aromatic rings. The van der Waals surface area contributed by atoms with E-state index in [1.165, 1.54) is 63.8 Å². The number of fused-ring (bicyclic) bond motifs is 9. The Morgan fingerprint density at radius 3 is 1.26 bits per heavy atom. The summed E-state index contributed by atoms with van der Waals surface area (Å²) in [5.74, 6) is 1.97. The zero-order valence-corrected chi connectivity index (χ0v) is 31.4. The van der Waals surface area contributed by atoms with Gasteiger partial charge in [0.1, 0.15) is 0 Å². The highest BCUT2D eigenvalue weighted by molar-refractivity contribution is 7.25. The molecule has 4 heterocycles. The Labute approximate surface area is 331 Å². The lowest BCUT2D eigenvalue weighted by molar-refractivity contribution is 1.07. The second-order valence-electron chi connectivity index (χ2n) is 14.5. The molecule has 0 aliphatic carbocycles. The summed E-state index contributed by atoms with van der Waals surface area (Å²) < 4.78 is 7.28. The van der Waals surface area contributed by atoms with Crippen molar-refractivity contribution in [1.29, 1.82) is 0 Å². The first-order valence-electron chi connectivity index (χ1n) is 19.1. The second-order valence-corrected chi connectivity index (χ2v) is 15.5. The summed E-state index contributed by atoms with van der Waals surface area (Å²) in [7, 11) is 0. The smallest absolute Gasteiger partial charge is 0.164 e. The molecule has 12 rings (SSSR count). The van der Waals surface area contributed by atoms with Crippen molar-refractivity contribution in [2.45, 2.75) is 0 Å². The maximum atomic E-state index is 5.03. The van der Waals surface area contributed by atoms with Crippen LogP contribution < -0.4 is 0 Å². The Kier molecular flexibility index (Phi) is 7.03. The van der Waals surface area contributed by atoms with E-state index in [1.54, 1.807) is 0 Å². The fraction of sp³-hybridized carbons (Fsp3) is 0. The van der Waals surface area contributed by atoms with Gasteiger partial charge in [-0.25, -0.2) is 15.0 Å². The van der Waals surface area contributed by atoms with Crippen LogP contribution >= 0.6 is 11.3 Å². The lowest BCUT2D eigenvalue weighted by Crippen LogP contribution is -2.00. The standard InChI is InChI=1S/C51H31N5S/c1-3-13-32(14-4-1)49-52-50(33-15-5-2-6-16-33)54-51(53-49)34-23-27-47-41(29-34)42-31-36(25-28-48(42)57-47)56-45-22-12-9-19-39(45)40-30-35(24-26-46(40)56)55-43-20-10-7-17-37(43)38-18-8-11-21-44(38)55/h1-31H. The molecule has 0 fully saturated rings. The SMILES string of the molecule is c1ccc(-c2nc(-c3ccccc3)nc(-c3ccc4sc5ccc(-n6c7ccccc7c7cc(-n8c9ccccc9c9ccccc98)ccc76)cc5c4c3)n2)cc1. The fourth-order valence-electron chi connectivity index (χ4n) is 8.56. The molecule has 8 aromatic carbocycles. The van der Waals surface area contributed by atoms with E-state index in [1.807, 2.05) is 72.0 Å². The molecule has 0 amide bonds. The predicted molar refractivity (Wildman–Crippen MR) is 238 cm³/mol.